The zero-order valence-electron chi connectivity index (χ0n) is 6.29. The Hall–Kier alpha value is 0. The first kappa shape index (κ1) is 4.79. The van der Waals surface area contributed by atoms with E-state index in [-0.39, 0.29) is 0 Å². The molecule has 4 unspecified atom stereocenters. The van der Waals surface area contributed by atoms with E-state index in [1.807, 2.05) is 0 Å². The highest BCUT2D eigenvalue weighted by Gasteiger charge is 2.67. The highest BCUT2D eigenvalue weighted by molar-refractivity contribution is 5.16. The summed E-state index contributed by atoms with van der Waals surface area (Å²) in [5, 5.41) is 0. The van der Waals surface area contributed by atoms with E-state index < -0.39 is 0 Å². The Balaban J connectivity index is 1.88. The fourth-order valence-electron chi connectivity index (χ4n) is 4.81. The molecule has 5 aliphatic carbocycles. The van der Waals surface area contributed by atoms with E-state index in [1.54, 1.807) is 25.7 Å². The summed E-state index contributed by atoms with van der Waals surface area (Å²) < 4.78 is 0. The van der Waals surface area contributed by atoms with Gasteiger partial charge >= 0.3 is 0 Å². The molecule has 5 fully saturated rings. The van der Waals surface area contributed by atoms with Gasteiger partial charge in [-0.2, -0.15) is 0 Å². The van der Waals surface area contributed by atoms with Gasteiger partial charge in [0, 0.05) is 0 Å². The van der Waals surface area contributed by atoms with Crippen LogP contribution in [0.2, 0.25) is 0 Å². The lowest BCUT2D eigenvalue weighted by Crippen LogP contribution is -2.28. The maximum Gasteiger partial charge on any atom is -0.0320 e. The summed E-state index contributed by atoms with van der Waals surface area (Å²) in [7, 11) is 0. The zero-order chi connectivity index (χ0) is 6.29. The molecule has 0 heteroatoms. The van der Waals surface area contributed by atoms with Crippen molar-refractivity contribution in [2.45, 2.75) is 25.7 Å². The largest absolute Gasteiger partial charge is 0.0473 e. The molecule has 5 aliphatic rings. The second kappa shape index (κ2) is 1.19. The highest BCUT2D eigenvalue weighted by Crippen LogP contribution is 2.74. The molecular weight excluding hydrogens is 120 g/mol. The fraction of sp³-hybridized carbons (Fsp3) is 1.00. The van der Waals surface area contributed by atoms with Gasteiger partial charge in [0.25, 0.3) is 0 Å². The van der Waals surface area contributed by atoms with Crippen LogP contribution in [0.25, 0.3) is 0 Å². The summed E-state index contributed by atoms with van der Waals surface area (Å²) in [4.78, 5) is 0. The minimum absolute atomic E-state index is 1.20. The molecule has 0 heterocycles. The topological polar surface area (TPSA) is 0 Å². The molecule has 0 amide bonds. The van der Waals surface area contributed by atoms with Crippen LogP contribution in [0.3, 0.4) is 0 Å². The van der Waals surface area contributed by atoms with Crippen molar-refractivity contribution in [3.8, 4) is 0 Å². The molecule has 10 heavy (non-hydrogen) atoms. The van der Waals surface area contributed by atoms with Crippen molar-refractivity contribution in [3.63, 3.8) is 0 Å². The van der Waals surface area contributed by atoms with Gasteiger partial charge < -0.3 is 0 Å². The van der Waals surface area contributed by atoms with Gasteiger partial charge in [0.2, 0.25) is 0 Å². The van der Waals surface area contributed by atoms with E-state index in [0.29, 0.717) is 0 Å². The lowest BCUT2D eigenvalue weighted by Gasteiger charge is -2.37. The SMILES string of the molecule is C1C2CC3CC1C1C(C2)C31. The predicted octanol–water partition coefficient (Wildman–Crippen LogP) is 2.30. The summed E-state index contributed by atoms with van der Waals surface area (Å²) in [6, 6.07) is 0. The number of hydrogen-bond acceptors (Lipinski definition) is 0. The Morgan fingerprint density at radius 3 is 2.00 bits per heavy atom. The monoisotopic (exact) mass is 134 g/mol. The van der Waals surface area contributed by atoms with Crippen molar-refractivity contribution in [2.24, 2.45) is 35.5 Å². The first-order chi connectivity index (χ1) is 4.93. The molecule has 4 atom stereocenters. The molecule has 0 aromatic rings. The summed E-state index contributed by atoms with van der Waals surface area (Å²) in [5.74, 6) is 7.45. The molecule has 0 radical (unpaired) electrons. The molecule has 0 aromatic heterocycles. The third-order valence-electron chi connectivity index (χ3n) is 4.86. The van der Waals surface area contributed by atoms with E-state index in [0.717, 1.165) is 0 Å². The highest BCUT2D eigenvalue weighted by atomic mass is 14.7. The van der Waals surface area contributed by atoms with Gasteiger partial charge in [0.15, 0.2) is 0 Å². The number of hydrogen-bond donors (Lipinski definition) is 0. The minimum Gasteiger partial charge on any atom is -0.0473 e. The van der Waals surface area contributed by atoms with Crippen molar-refractivity contribution in [1.82, 2.24) is 0 Å². The maximum absolute atomic E-state index is 1.64. The van der Waals surface area contributed by atoms with E-state index in [2.05, 4.69) is 0 Å². The van der Waals surface area contributed by atoms with Crippen LogP contribution in [-0.4, -0.2) is 0 Å². The molecule has 4 bridgehead atoms. The van der Waals surface area contributed by atoms with E-state index in [9.17, 15) is 0 Å². The lowest BCUT2D eigenvalue weighted by atomic mass is 9.68. The molecule has 5 saturated carbocycles. The van der Waals surface area contributed by atoms with Crippen LogP contribution >= 0.6 is 0 Å². The van der Waals surface area contributed by atoms with Crippen LogP contribution in [0, 0.1) is 35.5 Å². The van der Waals surface area contributed by atoms with Crippen molar-refractivity contribution in [2.75, 3.05) is 0 Å². The molecular formula is C10H14. The van der Waals surface area contributed by atoms with Crippen LogP contribution in [0.1, 0.15) is 25.7 Å². The molecule has 5 rings (SSSR count). The van der Waals surface area contributed by atoms with Gasteiger partial charge in [-0.15, -0.1) is 0 Å². The predicted molar refractivity (Wildman–Crippen MR) is 39.4 cm³/mol. The average molecular weight is 134 g/mol. The Bertz CT molecular complexity index is 174. The summed E-state index contributed by atoms with van der Waals surface area (Å²) in [5.41, 5.74) is 0. The van der Waals surface area contributed by atoms with Crippen LogP contribution in [0.15, 0.2) is 0 Å². The van der Waals surface area contributed by atoms with E-state index >= 15 is 0 Å². The van der Waals surface area contributed by atoms with Crippen molar-refractivity contribution in [1.29, 1.82) is 0 Å². The second-order valence-electron chi connectivity index (χ2n) is 5.15. The normalized spacial score (nSPS) is 74.4. The van der Waals surface area contributed by atoms with Gasteiger partial charge in [0.05, 0.1) is 0 Å². The minimum atomic E-state index is 1.20. The van der Waals surface area contributed by atoms with Gasteiger partial charge in [-0.3, -0.25) is 0 Å². The first-order valence-corrected chi connectivity index (χ1v) is 4.93. The van der Waals surface area contributed by atoms with Crippen molar-refractivity contribution >= 4 is 0 Å². The fourth-order valence-corrected chi connectivity index (χ4v) is 4.81. The quantitative estimate of drug-likeness (QED) is 0.477. The number of rotatable bonds is 0. The smallest absolute Gasteiger partial charge is 0.0320 e. The standard InChI is InChI=1S/C10H14/c1-5-2-7-4-6(1)9-8(3-5)10(7)9/h5-10H,1-4H2. The molecule has 0 aromatic carbocycles. The third kappa shape index (κ3) is 0.339. The Morgan fingerprint density at radius 1 is 0.700 bits per heavy atom. The van der Waals surface area contributed by atoms with Gasteiger partial charge in [-0.05, 0) is 61.2 Å². The zero-order valence-corrected chi connectivity index (χ0v) is 6.29. The Labute approximate surface area is 62.0 Å². The second-order valence-corrected chi connectivity index (χ2v) is 5.15. The van der Waals surface area contributed by atoms with E-state index in [4.69, 9.17) is 0 Å². The molecule has 0 aliphatic heterocycles. The van der Waals surface area contributed by atoms with E-state index in [1.165, 1.54) is 35.5 Å². The van der Waals surface area contributed by atoms with Crippen LogP contribution in [0.5, 0.6) is 0 Å². The third-order valence-corrected chi connectivity index (χ3v) is 4.86. The van der Waals surface area contributed by atoms with Crippen molar-refractivity contribution < 1.29 is 0 Å². The lowest BCUT2D eigenvalue weighted by molar-refractivity contribution is 0.128. The molecule has 54 valence electrons. The van der Waals surface area contributed by atoms with Crippen LogP contribution < -0.4 is 0 Å². The van der Waals surface area contributed by atoms with Gasteiger partial charge in [0.1, 0.15) is 0 Å². The summed E-state index contributed by atoms with van der Waals surface area (Å²) >= 11 is 0. The molecule has 0 N–H and O–H groups in total. The Morgan fingerprint density at radius 2 is 1.40 bits per heavy atom. The van der Waals surface area contributed by atoms with Crippen LogP contribution in [-0.2, 0) is 0 Å². The Kier molecular flexibility index (Phi) is 0.570. The molecule has 0 nitrogen and oxygen atoms in total. The molecule has 0 saturated heterocycles. The summed E-state index contributed by atoms with van der Waals surface area (Å²) in [6.45, 7) is 0. The molecule has 0 spiro atoms. The van der Waals surface area contributed by atoms with Crippen LogP contribution in [0.4, 0.5) is 0 Å². The average Bonchev–Trinajstić information content (AvgIpc) is 2.55. The van der Waals surface area contributed by atoms with Gasteiger partial charge in [-0.25, -0.2) is 0 Å². The summed E-state index contributed by atoms with van der Waals surface area (Å²) in [6.07, 6.45) is 6.55. The van der Waals surface area contributed by atoms with Crippen molar-refractivity contribution in [3.05, 3.63) is 0 Å². The van der Waals surface area contributed by atoms with Gasteiger partial charge in [-0.1, -0.05) is 0 Å². The maximum atomic E-state index is 1.64. The first-order valence-electron chi connectivity index (χ1n) is 4.93.